The smallest absolute Gasteiger partial charge is 0.0730 e. The van der Waals surface area contributed by atoms with E-state index in [4.69, 9.17) is 5.26 Å². The number of hydrogen-bond donors (Lipinski definition) is 3. The average molecular weight is 120 g/mol. The minimum atomic E-state index is 0.477. The van der Waals surface area contributed by atoms with E-state index >= 15 is 0 Å². The van der Waals surface area contributed by atoms with Gasteiger partial charge in [-0.05, 0) is 13.0 Å². The molecule has 3 N–H and O–H groups in total. The molecule has 0 unspecified atom stereocenters. The molecular formula is C4H12N2O2. The van der Waals surface area contributed by atoms with E-state index in [1.54, 1.807) is 0 Å². The van der Waals surface area contributed by atoms with Crippen LogP contribution in [0.1, 0.15) is 13.3 Å². The second-order valence-corrected chi connectivity index (χ2v) is 1.41. The van der Waals surface area contributed by atoms with Crippen molar-refractivity contribution in [3.05, 3.63) is 0 Å². The summed E-state index contributed by atoms with van der Waals surface area (Å²) in [7, 11) is 0. The molecule has 0 fully saturated rings. The summed E-state index contributed by atoms with van der Waals surface area (Å²) in [6, 6.07) is 0. The van der Waals surface area contributed by atoms with Gasteiger partial charge >= 0.3 is 0 Å². The van der Waals surface area contributed by atoms with E-state index in [-0.39, 0.29) is 0 Å². The van der Waals surface area contributed by atoms with Crippen LogP contribution in [0.4, 0.5) is 0 Å². The largest absolute Gasteiger partial charge is 0.303 e. The van der Waals surface area contributed by atoms with Crippen molar-refractivity contribution in [3.8, 4) is 0 Å². The Balaban J connectivity index is 2.53. The molecular weight excluding hydrogens is 108 g/mol. The molecule has 0 saturated heterocycles. The number of nitrogens with one attached hydrogen (secondary N) is 2. The van der Waals surface area contributed by atoms with Crippen LogP contribution in [0.15, 0.2) is 0 Å². The highest BCUT2D eigenvalue weighted by molar-refractivity contribution is 4.35. The van der Waals surface area contributed by atoms with Crippen molar-refractivity contribution in [1.29, 1.82) is 0 Å². The van der Waals surface area contributed by atoms with E-state index in [1.807, 2.05) is 0 Å². The fraction of sp³-hybridized carbons (Fsp3) is 1.00. The third kappa shape index (κ3) is 5.84. The lowest BCUT2D eigenvalue weighted by Gasteiger charge is -1.99. The van der Waals surface area contributed by atoms with E-state index in [2.05, 4.69) is 22.7 Å². The maximum Gasteiger partial charge on any atom is 0.0730 e. The van der Waals surface area contributed by atoms with E-state index in [9.17, 15) is 0 Å². The molecule has 4 nitrogen and oxygen atoms in total. The first-order chi connectivity index (χ1) is 3.91. The molecule has 50 valence electrons. The molecule has 0 bridgehead atoms. The lowest BCUT2D eigenvalue weighted by molar-refractivity contribution is -0.292. The molecule has 0 radical (unpaired) electrons. The number of rotatable bonds is 5. The highest BCUT2D eigenvalue weighted by atomic mass is 17.2. The molecule has 8 heavy (non-hydrogen) atoms. The van der Waals surface area contributed by atoms with Crippen LogP contribution in [-0.2, 0) is 4.99 Å². The summed E-state index contributed by atoms with van der Waals surface area (Å²) < 4.78 is 0. The summed E-state index contributed by atoms with van der Waals surface area (Å²) in [6.07, 6.45) is 1.08. The number of hydrogen-bond acceptors (Lipinski definition) is 4. The Morgan fingerprint density at radius 2 is 2.38 bits per heavy atom. The minimum absolute atomic E-state index is 0.477. The molecule has 0 saturated carbocycles. The van der Waals surface area contributed by atoms with E-state index < -0.39 is 0 Å². The SMILES string of the molecule is CCCNCNOO. The summed E-state index contributed by atoms with van der Waals surface area (Å²) >= 11 is 0. The molecule has 0 aromatic heterocycles. The van der Waals surface area contributed by atoms with Crippen LogP contribution in [0.5, 0.6) is 0 Å². The highest BCUT2D eigenvalue weighted by Gasteiger charge is 1.79. The Hall–Kier alpha value is -0.160. The Morgan fingerprint density at radius 3 is 2.88 bits per heavy atom. The Kier molecular flexibility index (Phi) is 6.70. The van der Waals surface area contributed by atoms with Crippen LogP contribution in [0, 0.1) is 0 Å². The summed E-state index contributed by atoms with van der Waals surface area (Å²) in [4.78, 5) is 3.58. The van der Waals surface area contributed by atoms with Gasteiger partial charge in [-0.25, -0.2) is 5.26 Å². The van der Waals surface area contributed by atoms with Crippen LogP contribution >= 0.6 is 0 Å². The van der Waals surface area contributed by atoms with Crippen molar-refractivity contribution < 1.29 is 10.2 Å². The van der Waals surface area contributed by atoms with Gasteiger partial charge in [0.15, 0.2) is 0 Å². The molecule has 0 aromatic rings. The Labute approximate surface area is 48.7 Å². The fourth-order valence-corrected chi connectivity index (χ4v) is 0.348. The molecule has 0 amide bonds. The maximum absolute atomic E-state index is 7.71. The average Bonchev–Trinajstić information content (AvgIpc) is 1.81. The van der Waals surface area contributed by atoms with Gasteiger partial charge in [0, 0.05) is 0 Å². The quantitative estimate of drug-likeness (QED) is 0.206. The molecule has 0 aromatic carbocycles. The van der Waals surface area contributed by atoms with Gasteiger partial charge in [0.1, 0.15) is 0 Å². The second kappa shape index (κ2) is 6.84. The second-order valence-electron chi connectivity index (χ2n) is 1.41. The first-order valence-electron chi connectivity index (χ1n) is 2.65. The summed E-state index contributed by atoms with van der Waals surface area (Å²) in [5, 5.41) is 10.7. The van der Waals surface area contributed by atoms with Crippen molar-refractivity contribution in [2.24, 2.45) is 0 Å². The van der Waals surface area contributed by atoms with E-state index in [0.717, 1.165) is 13.0 Å². The zero-order chi connectivity index (χ0) is 6.24. The van der Waals surface area contributed by atoms with Crippen LogP contribution in [0.2, 0.25) is 0 Å². The lowest BCUT2D eigenvalue weighted by Crippen LogP contribution is -2.28. The van der Waals surface area contributed by atoms with Gasteiger partial charge in [-0.3, -0.25) is 0 Å². The van der Waals surface area contributed by atoms with Gasteiger partial charge in [0.25, 0.3) is 0 Å². The van der Waals surface area contributed by atoms with Crippen LogP contribution < -0.4 is 10.8 Å². The number of hydroxylamine groups is 1. The van der Waals surface area contributed by atoms with Gasteiger partial charge in [0.2, 0.25) is 0 Å². The topological polar surface area (TPSA) is 53.5 Å². The first kappa shape index (κ1) is 7.84. The Morgan fingerprint density at radius 1 is 1.62 bits per heavy atom. The van der Waals surface area contributed by atoms with E-state index in [1.165, 1.54) is 0 Å². The van der Waals surface area contributed by atoms with Gasteiger partial charge < -0.3 is 5.32 Å². The van der Waals surface area contributed by atoms with Crippen molar-refractivity contribution in [1.82, 2.24) is 10.8 Å². The maximum atomic E-state index is 7.71. The van der Waals surface area contributed by atoms with Gasteiger partial charge in [-0.1, -0.05) is 6.92 Å². The minimum Gasteiger partial charge on any atom is -0.303 e. The predicted molar refractivity (Wildman–Crippen MR) is 30.0 cm³/mol. The van der Waals surface area contributed by atoms with Crippen molar-refractivity contribution in [2.45, 2.75) is 13.3 Å². The molecule has 0 atom stereocenters. The first-order valence-corrected chi connectivity index (χ1v) is 2.65. The molecule has 0 spiro atoms. The van der Waals surface area contributed by atoms with Gasteiger partial charge in [-0.2, -0.15) is 5.48 Å². The molecule has 0 rings (SSSR count). The fourth-order valence-electron chi connectivity index (χ4n) is 0.348. The highest BCUT2D eigenvalue weighted by Crippen LogP contribution is 1.65. The molecule has 4 heteroatoms. The zero-order valence-electron chi connectivity index (χ0n) is 4.98. The van der Waals surface area contributed by atoms with Gasteiger partial charge in [-0.15, -0.1) is 4.99 Å². The molecule has 0 heterocycles. The normalized spacial score (nSPS) is 9.75. The van der Waals surface area contributed by atoms with Crippen molar-refractivity contribution in [3.63, 3.8) is 0 Å². The summed E-state index contributed by atoms with van der Waals surface area (Å²) in [5.41, 5.74) is 2.23. The summed E-state index contributed by atoms with van der Waals surface area (Å²) in [6.45, 7) is 3.47. The molecule has 0 aliphatic rings. The third-order valence-corrected chi connectivity index (χ3v) is 0.688. The van der Waals surface area contributed by atoms with Crippen LogP contribution in [-0.4, -0.2) is 18.5 Å². The standard InChI is InChI=1S/C4H12N2O2/c1-2-3-5-4-6-8-7/h5-7H,2-4H2,1H3. The Bertz CT molecular complexity index is 37.0. The summed E-state index contributed by atoms with van der Waals surface area (Å²) in [5.74, 6) is 0. The zero-order valence-corrected chi connectivity index (χ0v) is 4.98. The third-order valence-electron chi connectivity index (χ3n) is 0.688. The predicted octanol–water partition coefficient (Wildman–Crippen LogP) is -0.0623. The van der Waals surface area contributed by atoms with E-state index in [0.29, 0.717) is 6.67 Å². The van der Waals surface area contributed by atoms with Crippen molar-refractivity contribution >= 4 is 0 Å². The van der Waals surface area contributed by atoms with Gasteiger partial charge in [0.05, 0.1) is 6.67 Å². The monoisotopic (exact) mass is 120 g/mol. The molecule has 0 aliphatic carbocycles. The van der Waals surface area contributed by atoms with Crippen LogP contribution in [0.3, 0.4) is 0 Å². The van der Waals surface area contributed by atoms with Crippen LogP contribution in [0.25, 0.3) is 0 Å². The molecule has 0 aliphatic heterocycles. The van der Waals surface area contributed by atoms with Crippen molar-refractivity contribution in [2.75, 3.05) is 13.2 Å². The lowest BCUT2D eigenvalue weighted by atomic mass is 10.5.